The van der Waals surface area contributed by atoms with Crippen LogP contribution in [0.25, 0.3) is 0 Å². The number of aliphatic hydroxyl groups is 1. The third-order valence-corrected chi connectivity index (χ3v) is 3.53. The lowest BCUT2D eigenvalue weighted by Crippen LogP contribution is -2.32. The van der Waals surface area contributed by atoms with Crippen LogP contribution in [0.4, 0.5) is 14.9 Å². The van der Waals surface area contributed by atoms with Gasteiger partial charge in [0.25, 0.3) is 5.91 Å². The van der Waals surface area contributed by atoms with E-state index in [-0.39, 0.29) is 18.0 Å². The van der Waals surface area contributed by atoms with Gasteiger partial charge in [0.1, 0.15) is 5.82 Å². The monoisotopic (exact) mass is 357 g/mol. The van der Waals surface area contributed by atoms with Gasteiger partial charge in [-0.25, -0.2) is 9.18 Å². The molecule has 4 N–H and O–H groups in total. The van der Waals surface area contributed by atoms with Gasteiger partial charge in [0, 0.05) is 29.9 Å². The predicted octanol–water partition coefficient (Wildman–Crippen LogP) is 2.60. The average molecular weight is 357 g/mol. The third kappa shape index (κ3) is 5.42. The van der Waals surface area contributed by atoms with Crippen LogP contribution in [0, 0.1) is 5.82 Å². The van der Waals surface area contributed by atoms with Gasteiger partial charge in [0.15, 0.2) is 0 Å². The molecule has 1 atom stereocenters. The lowest BCUT2D eigenvalue weighted by Gasteiger charge is -2.13. The van der Waals surface area contributed by atoms with Crippen LogP contribution in [0.15, 0.2) is 61.2 Å². The number of carbonyl (C=O) groups is 2. The van der Waals surface area contributed by atoms with Crippen LogP contribution in [0.1, 0.15) is 22.0 Å². The minimum atomic E-state index is -1.15. The molecule has 0 saturated carbocycles. The van der Waals surface area contributed by atoms with E-state index in [1.807, 2.05) is 0 Å². The molecule has 1 unspecified atom stereocenters. The molecule has 0 aliphatic heterocycles. The number of rotatable bonds is 7. The van der Waals surface area contributed by atoms with E-state index in [0.717, 1.165) is 0 Å². The molecular formula is C19H20FN3O3. The van der Waals surface area contributed by atoms with Crippen molar-refractivity contribution in [1.29, 1.82) is 0 Å². The summed E-state index contributed by atoms with van der Waals surface area (Å²) in [4.78, 5) is 23.6. The molecule has 0 aliphatic rings. The normalized spacial score (nSPS) is 11.3. The van der Waals surface area contributed by atoms with Gasteiger partial charge in [-0.3, -0.25) is 4.79 Å². The molecule has 0 radical (unpaired) electrons. The minimum Gasteiger partial charge on any atom is -0.386 e. The second-order valence-corrected chi connectivity index (χ2v) is 5.45. The second-order valence-electron chi connectivity index (χ2n) is 5.45. The van der Waals surface area contributed by atoms with Gasteiger partial charge in [-0.1, -0.05) is 24.3 Å². The van der Waals surface area contributed by atoms with Gasteiger partial charge >= 0.3 is 6.03 Å². The van der Waals surface area contributed by atoms with Gasteiger partial charge in [0.05, 0.1) is 6.10 Å². The van der Waals surface area contributed by atoms with Gasteiger partial charge in [-0.05, 0) is 30.3 Å². The van der Waals surface area contributed by atoms with Crippen molar-refractivity contribution >= 4 is 17.6 Å². The highest BCUT2D eigenvalue weighted by Crippen LogP contribution is 2.15. The van der Waals surface area contributed by atoms with Crippen LogP contribution in [-0.2, 0) is 0 Å². The number of carbonyl (C=O) groups excluding carboxylic acids is 2. The first kappa shape index (κ1) is 19.1. The zero-order valence-corrected chi connectivity index (χ0v) is 14.0. The van der Waals surface area contributed by atoms with Crippen molar-refractivity contribution in [1.82, 2.24) is 10.6 Å². The first-order chi connectivity index (χ1) is 12.5. The molecule has 0 bridgehead atoms. The highest BCUT2D eigenvalue weighted by molar-refractivity contribution is 5.95. The number of halogens is 1. The molecule has 6 nitrogen and oxygen atoms in total. The van der Waals surface area contributed by atoms with Crippen LogP contribution >= 0.6 is 0 Å². The number of urea groups is 1. The highest BCUT2D eigenvalue weighted by Gasteiger charge is 2.13. The summed E-state index contributed by atoms with van der Waals surface area (Å²) in [5.41, 5.74) is 1.04. The smallest absolute Gasteiger partial charge is 0.319 e. The van der Waals surface area contributed by atoms with E-state index >= 15 is 0 Å². The molecule has 0 spiro atoms. The van der Waals surface area contributed by atoms with E-state index in [2.05, 4.69) is 22.5 Å². The summed E-state index contributed by atoms with van der Waals surface area (Å²) in [5.74, 6) is -0.776. The Kier molecular flexibility index (Phi) is 6.87. The number of anilines is 1. The van der Waals surface area contributed by atoms with Crippen molar-refractivity contribution in [2.75, 3.05) is 18.4 Å². The van der Waals surface area contributed by atoms with Crippen molar-refractivity contribution in [3.05, 3.63) is 78.1 Å². The average Bonchev–Trinajstić information content (AvgIpc) is 2.65. The van der Waals surface area contributed by atoms with Crippen molar-refractivity contribution in [2.45, 2.75) is 6.10 Å². The van der Waals surface area contributed by atoms with E-state index in [4.69, 9.17) is 0 Å². The Bertz CT molecular complexity index is 778. The largest absolute Gasteiger partial charge is 0.386 e. The summed E-state index contributed by atoms with van der Waals surface area (Å²) < 4.78 is 13.6. The van der Waals surface area contributed by atoms with Crippen molar-refractivity contribution in [3.8, 4) is 0 Å². The van der Waals surface area contributed by atoms with E-state index in [1.54, 1.807) is 36.4 Å². The molecule has 0 aliphatic carbocycles. The topological polar surface area (TPSA) is 90.5 Å². The highest BCUT2D eigenvalue weighted by atomic mass is 19.1. The molecule has 3 amide bonds. The zero-order valence-electron chi connectivity index (χ0n) is 14.0. The summed E-state index contributed by atoms with van der Waals surface area (Å²) >= 11 is 0. The molecule has 2 rings (SSSR count). The van der Waals surface area contributed by atoms with Crippen LogP contribution in [0.5, 0.6) is 0 Å². The first-order valence-electron chi connectivity index (χ1n) is 7.97. The number of amides is 3. The quantitative estimate of drug-likeness (QED) is 0.574. The van der Waals surface area contributed by atoms with Crippen LogP contribution in [0.2, 0.25) is 0 Å². The van der Waals surface area contributed by atoms with E-state index < -0.39 is 18.0 Å². The molecule has 26 heavy (non-hydrogen) atoms. The van der Waals surface area contributed by atoms with Gasteiger partial charge < -0.3 is 21.1 Å². The summed E-state index contributed by atoms with van der Waals surface area (Å²) in [6, 6.07) is 11.6. The maximum atomic E-state index is 13.6. The van der Waals surface area contributed by atoms with Crippen LogP contribution < -0.4 is 16.0 Å². The van der Waals surface area contributed by atoms with E-state index in [1.165, 1.54) is 18.2 Å². The SMILES string of the molecule is C=CCNC(=O)c1ccc(NC(=O)NCC(O)c2ccccc2F)cc1. The Hall–Kier alpha value is -3.19. The predicted molar refractivity (Wildman–Crippen MR) is 97.4 cm³/mol. The number of nitrogens with one attached hydrogen (secondary N) is 3. The lowest BCUT2D eigenvalue weighted by molar-refractivity contribution is 0.0958. The fraction of sp³-hybridized carbons (Fsp3) is 0.158. The number of hydrogen-bond acceptors (Lipinski definition) is 3. The molecule has 0 saturated heterocycles. The van der Waals surface area contributed by atoms with E-state index in [0.29, 0.717) is 17.8 Å². The standard InChI is InChI=1S/C19H20FN3O3/c1-2-11-21-18(25)13-7-9-14(10-8-13)23-19(26)22-12-17(24)15-5-3-4-6-16(15)20/h2-10,17,24H,1,11-12H2,(H,21,25)(H2,22,23,26). The van der Waals surface area contributed by atoms with Crippen molar-refractivity contribution in [3.63, 3.8) is 0 Å². The number of benzene rings is 2. The maximum absolute atomic E-state index is 13.6. The van der Waals surface area contributed by atoms with Crippen LogP contribution in [-0.4, -0.2) is 30.1 Å². The fourth-order valence-corrected chi connectivity index (χ4v) is 2.19. The third-order valence-electron chi connectivity index (χ3n) is 3.53. The van der Waals surface area contributed by atoms with Crippen molar-refractivity contribution < 1.29 is 19.1 Å². The molecule has 2 aromatic rings. The summed E-state index contributed by atoms with van der Waals surface area (Å²) in [6.07, 6.45) is 0.423. The molecule has 2 aromatic carbocycles. The van der Waals surface area contributed by atoms with Gasteiger partial charge in [-0.15, -0.1) is 6.58 Å². The summed E-state index contributed by atoms with van der Waals surface area (Å²) in [5, 5.41) is 17.6. The number of hydrogen-bond donors (Lipinski definition) is 4. The molecular weight excluding hydrogens is 337 g/mol. The minimum absolute atomic E-state index is 0.114. The maximum Gasteiger partial charge on any atom is 0.319 e. The Balaban J connectivity index is 1.85. The van der Waals surface area contributed by atoms with Crippen molar-refractivity contribution in [2.24, 2.45) is 0 Å². The summed E-state index contributed by atoms with van der Waals surface area (Å²) in [6.45, 7) is 3.74. The Morgan fingerprint density at radius 2 is 1.81 bits per heavy atom. The molecule has 7 heteroatoms. The van der Waals surface area contributed by atoms with E-state index in [9.17, 15) is 19.1 Å². The Morgan fingerprint density at radius 1 is 1.12 bits per heavy atom. The summed E-state index contributed by atoms with van der Waals surface area (Å²) in [7, 11) is 0. The first-order valence-corrected chi connectivity index (χ1v) is 7.97. The molecule has 0 heterocycles. The molecule has 136 valence electrons. The zero-order chi connectivity index (χ0) is 18.9. The van der Waals surface area contributed by atoms with Crippen LogP contribution in [0.3, 0.4) is 0 Å². The molecule has 0 aromatic heterocycles. The lowest BCUT2D eigenvalue weighted by atomic mass is 10.1. The molecule has 0 fully saturated rings. The number of aliphatic hydroxyl groups excluding tert-OH is 1. The Morgan fingerprint density at radius 3 is 2.46 bits per heavy atom. The van der Waals surface area contributed by atoms with Gasteiger partial charge in [-0.2, -0.15) is 0 Å². The van der Waals surface area contributed by atoms with Gasteiger partial charge in [0.2, 0.25) is 0 Å². The Labute approximate surface area is 150 Å². The fourth-order valence-electron chi connectivity index (χ4n) is 2.19. The second kappa shape index (κ2) is 9.33.